The third-order valence-electron chi connectivity index (χ3n) is 5.01. The Hall–Kier alpha value is -1.99. The van der Waals surface area contributed by atoms with Crippen LogP contribution in [0.4, 0.5) is 10.1 Å². The highest BCUT2D eigenvalue weighted by Crippen LogP contribution is 2.28. The second-order valence-electron chi connectivity index (χ2n) is 7.14. The lowest BCUT2D eigenvalue weighted by Crippen LogP contribution is -2.49. The number of anilines is 1. The summed E-state index contributed by atoms with van der Waals surface area (Å²) in [6, 6.07) is 12.3. The van der Waals surface area contributed by atoms with Crippen LogP contribution >= 0.6 is 24.8 Å². The molecule has 0 radical (unpaired) electrons. The smallest absolute Gasteiger partial charge is 0.161 e. The number of aliphatic hydroxyl groups excluding tert-OH is 1. The molecule has 1 aliphatic heterocycles. The molecule has 1 unspecified atom stereocenters. The largest absolute Gasteiger partial charge is 0.493 e. The summed E-state index contributed by atoms with van der Waals surface area (Å²) in [5.41, 5.74) is 2.07. The number of nitrogens with zero attached hydrogens (tertiary/aromatic N) is 2. The summed E-state index contributed by atoms with van der Waals surface area (Å²) in [4.78, 5) is 4.45. The van der Waals surface area contributed by atoms with Crippen molar-refractivity contribution in [1.29, 1.82) is 0 Å². The third kappa shape index (κ3) is 7.89. The van der Waals surface area contributed by atoms with Crippen molar-refractivity contribution in [3.63, 3.8) is 0 Å². The van der Waals surface area contributed by atoms with Crippen LogP contribution in [-0.4, -0.2) is 62.6 Å². The van der Waals surface area contributed by atoms with Crippen LogP contribution in [0.1, 0.15) is 12.5 Å². The number of hydrogen-bond acceptors (Lipinski definition) is 5. The van der Waals surface area contributed by atoms with Gasteiger partial charge in [0.2, 0.25) is 0 Å². The predicted molar refractivity (Wildman–Crippen MR) is 129 cm³/mol. The van der Waals surface area contributed by atoms with Gasteiger partial charge in [-0.2, -0.15) is 0 Å². The van der Waals surface area contributed by atoms with E-state index < -0.39 is 6.10 Å². The van der Waals surface area contributed by atoms with Gasteiger partial charge in [-0.3, -0.25) is 4.90 Å². The van der Waals surface area contributed by atoms with Crippen molar-refractivity contribution < 1.29 is 19.0 Å². The zero-order valence-electron chi connectivity index (χ0n) is 17.9. The second kappa shape index (κ2) is 13.4. The number of benzene rings is 2. The average Bonchev–Trinajstić information content (AvgIpc) is 2.74. The first-order valence-electron chi connectivity index (χ1n) is 9.93. The minimum absolute atomic E-state index is 0. The molecule has 0 amide bonds. The topological polar surface area (TPSA) is 45.2 Å². The van der Waals surface area contributed by atoms with Crippen molar-refractivity contribution in [3.8, 4) is 11.5 Å². The fourth-order valence-electron chi connectivity index (χ4n) is 3.48. The van der Waals surface area contributed by atoms with E-state index in [4.69, 9.17) is 9.47 Å². The Balaban J connectivity index is 0.00000240. The molecular formula is C23H31Cl2FN2O3. The van der Waals surface area contributed by atoms with Gasteiger partial charge in [0.1, 0.15) is 18.5 Å². The Morgan fingerprint density at radius 1 is 1.03 bits per heavy atom. The van der Waals surface area contributed by atoms with Gasteiger partial charge in [-0.1, -0.05) is 18.2 Å². The maximum Gasteiger partial charge on any atom is 0.161 e. The summed E-state index contributed by atoms with van der Waals surface area (Å²) < 4.78 is 24.3. The zero-order chi connectivity index (χ0) is 20.6. The van der Waals surface area contributed by atoms with E-state index in [1.807, 2.05) is 49.4 Å². The van der Waals surface area contributed by atoms with Gasteiger partial charge in [0.15, 0.2) is 11.5 Å². The molecule has 1 aliphatic rings. The van der Waals surface area contributed by atoms with E-state index in [0.717, 1.165) is 37.4 Å². The van der Waals surface area contributed by atoms with Crippen LogP contribution in [0, 0.1) is 5.82 Å². The molecule has 0 saturated carbocycles. The molecule has 0 aromatic heterocycles. The summed E-state index contributed by atoms with van der Waals surface area (Å²) in [7, 11) is 1.61. The van der Waals surface area contributed by atoms with Crippen LogP contribution in [0.5, 0.6) is 11.5 Å². The van der Waals surface area contributed by atoms with Gasteiger partial charge in [-0.15, -0.1) is 24.8 Å². The Bertz CT molecular complexity index is 813. The summed E-state index contributed by atoms with van der Waals surface area (Å²) in [5.74, 6) is 1.06. The maximum absolute atomic E-state index is 13.1. The van der Waals surface area contributed by atoms with Gasteiger partial charge < -0.3 is 19.5 Å². The Kier molecular flexibility index (Phi) is 11.7. The van der Waals surface area contributed by atoms with E-state index in [1.165, 1.54) is 12.1 Å². The van der Waals surface area contributed by atoms with E-state index in [0.29, 0.717) is 18.0 Å². The maximum atomic E-state index is 13.1. The molecule has 1 saturated heterocycles. The van der Waals surface area contributed by atoms with Crippen LogP contribution in [0.15, 0.2) is 48.5 Å². The van der Waals surface area contributed by atoms with Crippen molar-refractivity contribution in [2.75, 3.05) is 51.3 Å². The van der Waals surface area contributed by atoms with E-state index in [1.54, 1.807) is 7.11 Å². The van der Waals surface area contributed by atoms with E-state index >= 15 is 0 Å². The Morgan fingerprint density at radius 3 is 2.32 bits per heavy atom. The number of allylic oxidation sites excluding steroid dienone is 1. The molecule has 1 fully saturated rings. The summed E-state index contributed by atoms with van der Waals surface area (Å²) >= 11 is 0. The quantitative estimate of drug-likeness (QED) is 0.621. The van der Waals surface area contributed by atoms with Gasteiger partial charge in [0.05, 0.1) is 7.11 Å². The number of hydrogen-bond donors (Lipinski definition) is 1. The van der Waals surface area contributed by atoms with E-state index in [9.17, 15) is 9.50 Å². The van der Waals surface area contributed by atoms with E-state index in [2.05, 4.69) is 9.80 Å². The molecule has 2 aromatic carbocycles. The molecule has 3 rings (SSSR count). The minimum atomic E-state index is -0.590. The molecule has 172 valence electrons. The van der Waals surface area contributed by atoms with Crippen LogP contribution in [0.25, 0.3) is 6.08 Å². The molecule has 1 heterocycles. The first kappa shape index (κ1) is 27.0. The van der Waals surface area contributed by atoms with Gasteiger partial charge in [-0.25, -0.2) is 4.39 Å². The summed E-state index contributed by atoms with van der Waals surface area (Å²) in [5, 5.41) is 10.4. The number of rotatable bonds is 8. The lowest BCUT2D eigenvalue weighted by molar-refractivity contribution is 0.0653. The minimum Gasteiger partial charge on any atom is -0.493 e. The van der Waals surface area contributed by atoms with Crippen molar-refractivity contribution in [2.45, 2.75) is 13.0 Å². The Morgan fingerprint density at radius 2 is 1.71 bits per heavy atom. The normalized spacial score (nSPS) is 15.2. The van der Waals surface area contributed by atoms with Crippen LogP contribution in [0.3, 0.4) is 0 Å². The SMILES string of the molecule is C/C=C/c1ccc(OCC(O)CN2CCN(c3ccc(F)cc3)CC2)c(OC)c1.Cl.Cl. The van der Waals surface area contributed by atoms with Crippen molar-refractivity contribution in [1.82, 2.24) is 4.90 Å². The fourth-order valence-corrected chi connectivity index (χ4v) is 3.48. The molecule has 0 spiro atoms. The Labute approximate surface area is 196 Å². The van der Waals surface area contributed by atoms with Gasteiger partial charge in [0, 0.05) is 38.4 Å². The van der Waals surface area contributed by atoms with Crippen LogP contribution in [0.2, 0.25) is 0 Å². The van der Waals surface area contributed by atoms with Crippen LogP contribution in [-0.2, 0) is 0 Å². The predicted octanol–water partition coefficient (Wildman–Crippen LogP) is 4.27. The average molecular weight is 473 g/mol. The number of piperazine rings is 1. The molecule has 2 aromatic rings. The molecular weight excluding hydrogens is 442 g/mol. The second-order valence-corrected chi connectivity index (χ2v) is 7.14. The number of methoxy groups -OCH3 is 1. The molecule has 0 aliphatic carbocycles. The first-order valence-corrected chi connectivity index (χ1v) is 9.93. The zero-order valence-corrected chi connectivity index (χ0v) is 19.5. The first-order chi connectivity index (χ1) is 14.1. The lowest BCUT2D eigenvalue weighted by Gasteiger charge is -2.36. The highest BCUT2D eigenvalue weighted by Gasteiger charge is 2.20. The third-order valence-corrected chi connectivity index (χ3v) is 5.01. The number of β-amino-alcohol motifs (C(OH)–C–C–N with tert-alkyl or cyclic N) is 1. The number of aliphatic hydroxyl groups is 1. The summed E-state index contributed by atoms with van der Waals surface area (Å²) in [6.07, 6.45) is 3.37. The molecule has 5 nitrogen and oxygen atoms in total. The molecule has 1 N–H and O–H groups in total. The molecule has 31 heavy (non-hydrogen) atoms. The molecule has 1 atom stereocenters. The lowest BCUT2D eigenvalue weighted by atomic mass is 10.2. The highest BCUT2D eigenvalue weighted by atomic mass is 35.5. The van der Waals surface area contributed by atoms with Crippen LogP contribution < -0.4 is 14.4 Å². The van der Waals surface area contributed by atoms with Crippen molar-refractivity contribution in [3.05, 3.63) is 59.9 Å². The monoisotopic (exact) mass is 472 g/mol. The van der Waals surface area contributed by atoms with E-state index in [-0.39, 0.29) is 37.2 Å². The van der Waals surface area contributed by atoms with Gasteiger partial charge in [0.25, 0.3) is 0 Å². The molecule has 0 bridgehead atoms. The summed E-state index contributed by atoms with van der Waals surface area (Å²) in [6.45, 7) is 6.10. The van der Waals surface area contributed by atoms with Crippen molar-refractivity contribution >= 4 is 36.6 Å². The van der Waals surface area contributed by atoms with Gasteiger partial charge >= 0.3 is 0 Å². The number of ether oxygens (including phenoxy) is 2. The van der Waals surface area contributed by atoms with Crippen molar-refractivity contribution in [2.24, 2.45) is 0 Å². The highest BCUT2D eigenvalue weighted by molar-refractivity contribution is 5.85. The molecule has 8 heteroatoms. The van der Waals surface area contributed by atoms with Gasteiger partial charge in [-0.05, 0) is 48.9 Å². The standard InChI is InChI=1S/C23H29FN2O3.2ClH/c1-3-4-18-5-10-22(23(15-18)28-2)29-17-21(27)16-25-11-13-26(14-12-25)20-8-6-19(24)7-9-20;;/h3-10,15,21,27H,11-14,16-17H2,1-2H3;2*1H/b4-3+;;. The number of halogens is 3. The fraction of sp³-hybridized carbons (Fsp3) is 0.391.